The molecule has 0 spiro atoms. The zero-order valence-corrected chi connectivity index (χ0v) is 13.0. The van der Waals surface area contributed by atoms with Gasteiger partial charge in [0.25, 0.3) is 0 Å². The molecule has 0 unspecified atom stereocenters. The lowest BCUT2D eigenvalue weighted by atomic mass is 10.1. The van der Waals surface area contributed by atoms with Gasteiger partial charge in [0, 0.05) is 27.5 Å². The van der Waals surface area contributed by atoms with Crippen LogP contribution in [0, 0.1) is 0 Å². The number of nitrogens with one attached hydrogen (secondary N) is 1. The first-order chi connectivity index (χ1) is 11.9. The Morgan fingerprint density at radius 1 is 0.583 bits per heavy atom. The molecule has 2 nitrogen and oxygen atoms in total. The normalized spacial score (nSPS) is 11.3. The van der Waals surface area contributed by atoms with Gasteiger partial charge >= 0.3 is 0 Å². The van der Waals surface area contributed by atoms with E-state index in [4.69, 9.17) is 4.42 Å². The van der Waals surface area contributed by atoms with Crippen molar-refractivity contribution in [1.82, 2.24) is 0 Å². The summed E-state index contributed by atoms with van der Waals surface area (Å²) < 4.78 is 6.10. The van der Waals surface area contributed by atoms with Crippen molar-refractivity contribution in [3.8, 4) is 0 Å². The maximum absolute atomic E-state index is 6.10. The summed E-state index contributed by atoms with van der Waals surface area (Å²) in [7, 11) is 0. The van der Waals surface area contributed by atoms with Crippen molar-refractivity contribution in [1.29, 1.82) is 0 Å². The van der Waals surface area contributed by atoms with Crippen LogP contribution in [0.5, 0.6) is 0 Å². The van der Waals surface area contributed by atoms with Gasteiger partial charge in [-0.1, -0.05) is 42.5 Å². The molecule has 1 N–H and O–H groups in total. The van der Waals surface area contributed by atoms with Crippen LogP contribution in [0.1, 0.15) is 0 Å². The lowest BCUT2D eigenvalue weighted by molar-refractivity contribution is 0.672. The number of fused-ring (bicyclic) bond motifs is 5. The highest BCUT2D eigenvalue weighted by Crippen LogP contribution is 2.35. The second-order valence-electron chi connectivity index (χ2n) is 5.97. The molecule has 1 aromatic heterocycles. The van der Waals surface area contributed by atoms with Crippen LogP contribution in [-0.2, 0) is 0 Å². The van der Waals surface area contributed by atoms with Gasteiger partial charge in [0.15, 0.2) is 0 Å². The third-order valence-corrected chi connectivity index (χ3v) is 4.42. The molecule has 1 heterocycles. The SMILES string of the molecule is c1ccc(Nc2ccc3c(ccc4c5ccccc5oc34)c2)cc1. The van der Waals surface area contributed by atoms with Crippen molar-refractivity contribution >= 4 is 44.1 Å². The van der Waals surface area contributed by atoms with Gasteiger partial charge in [-0.3, -0.25) is 0 Å². The molecule has 4 aromatic carbocycles. The molecule has 0 fully saturated rings. The molecule has 2 heteroatoms. The van der Waals surface area contributed by atoms with Crippen LogP contribution in [0.4, 0.5) is 11.4 Å². The number of rotatable bonds is 2. The summed E-state index contributed by atoms with van der Waals surface area (Å²) in [6, 6.07) is 29.1. The lowest BCUT2D eigenvalue weighted by Gasteiger charge is -2.07. The molecular weight excluding hydrogens is 294 g/mol. The fourth-order valence-corrected chi connectivity index (χ4v) is 3.28. The largest absolute Gasteiger partial charge is 0.455 e. The third-order valence-electron chi connectivity index (χ3n) is 4.42. The average Bonchev–Trinajstić information content (AvgIpc) is 3.01. The minimum absolute atomic E-state index is 0.937. The highest BCUT2D eigenvalue weighted by molar-refractivity contribution is 6.15. The molecule has 0 saturated heterocycles. The lowest BCUT2D eigenvalue weighted by Crippen LogP contribution is -1.89. The summed E-state index contributed by atoms with van der Waals surface area (Å²) in [4.78, 5) is 0. The highest BCUT2D eigenvalue weighted by Gasteiger charge is 2.09. The van der Waals surface area contributed by atoms with E-state index in [1.165, 1.54) is 16.2 Å². The Morgan fingerprint density at radius 2 is 1.38 bits per heavy atom. The molecule has 0 saturated carbocycles. The summed E-state index contributed by atoms with van der Waals surface area (Å²) in [6.45, 7) is 0. The van der Waals surface area contributed by atoms with Gasteiger partial charge in [0.05, 0.1) is 0 Å². The Hall–Kier alpha value is -3.26. The molecule has 0 amide bonds. The predicted molar refractivity (Wildman–Crippen MR) is 101 cm³/mol. The molecule has 0 bridgehead atoms. The number of benzene rings is 4. The number of para-hydroxylation sites is 2. The second-order valence-corrected chi connectivity index (χ2v) is 5.97. The number of hydrogen-bond donors (Lipinski definition) is 1. The molecule has 0 aliphatic carbocycles. The molecule has 0 radical (unpaired) electrons. The highest BCUT2D eigenvalue weighted by atomic mass is 16.3. The summed E-state index contributed by atoms with van der Waals surface area (Å²) in [5, 5.41) is 8.09. The molecular formula is C22H15NO. The Kier molecular flexibility index (Phi) is 2.83. The summed E-state index contributed by atoms with van der Waals surface area (Å²) >= 11 is 0. The predicted octanol–water partition coefficient (Wildman–Crippen LogP) is 6.48. The van der Waals surface area contributed by atoms with Gasteiger partial charge in [0.2, 0.25) is 0 Å². The van der Waals surface area contributed by atoms with E-state index in [0.29, 0.717) is 0 Å². The van der Waals surface area contributed by atoms with Gasteiger partial charge < -0.3 is 9.73 Å². The smallest absolute Gasteiger partial charge is 0.143 e. The monoisotopic (exact) mass is 309 g/mol. The first kappa shape index (κ1) is 13.2. The van der Waals surface area contributed by atoms with Gasteiger partial charge in [-0.05, 0) is 47.9 Å². The average molecular weight is 309 g/mol. The van der Waals surface area contributed by atoms with E-state index in [-0.39, 0.29) is 0 Å². The quantitative estimate of drug-likeness (QED) is 0.403. The van der Waals surface area contributed by atoms with Gasteiger partial charge in [-0.15, -0.1) is 0 Å². The second kappa shape index (κ2) is 5.14. The van der Waals surface area contributed by atoms with Crippen molar-refractivity contribution in [2.45, 2.75) is 0 Å². The van der Waals surface area contributed by atoms with E-state index in [0.717, 1.165) is 27.9 Å². The van der Waals surface area contributed by atoms with Gasteiger partial charge in [-0.2, -0.15) is 0 Å². The first-order valence-corrected chi connectivity index (χ1v) is 8.04. The zero-order chi connectivity index (χ0) is 15.9. The van der Waals surface area contributed by atoms with E-state index in [1.807, 2.05) is 36.4 Å². The molecule has 0 atom stereocenters. The van der Waals surface area contributed by atoms with Crippen LogP contribution in [0.25, 0.3) is 32.7 Å². The number of furan rings is 1. The van der Waals surface area contributed by atoms with Crippen LogP contribution in [0.2, 0.25) is 0 Å². The zero-order valence-electron chi connectivity index (χ0n) is 13.0. The van der Waals surface area contributed by atoms with Crippen LogP contribution >= 0.6 is 0 Å². The van der Waals surface area contributed by atoms with Crippen molar-refractivity contribution < 1.29 is 4.42 Å². The van der Waals surface area contributed by atoms with Gasteiger partial charge in [0.1, 0.15) is 11.2 Å². The maximum atomic E-state index is 6.10. The molecule has 5 aromatic rings. The van der Waals surface area contributed by atoms with E-state index in [2.05, 4.69) is 53.8 Å². The molecule has 24 heavy (non-hydrogen) atoms. The van der Waals surface area contributed by atoms with Crippen LogP contribution in [0.15, 0.2) is 89.3 Å². The van der Waals surface area contributed by atoms with Gasteiger partial charge in [-0.25, -0.2) is 0 Å². The van der Waals surface area contributed by atoms with Crippen LogP contribution in [0.3, 0.4) is 0 Å². The van der Waals surface area contributed by atoms with E-state index >= 15 is 0 Å². The molecule has 114 valence electrons. The standard InChI is InChI=1S/C22H15NO/c1-2-6-16(7-3-1)23-17-11-13-18-15(14-17)10-12-20-19-8-4-5-9-21(19)24-22(18)20/h1-14,23H. The van der Waals surface area contributed by atoms with E-state index in [9.17, 15) is 0 Å². The Morgan fingerprint density at radius 3 is 2.29 bits per heavy atom. The number of hydrogen-bond acceptors (Lipinski definition) is 2. The first-order valence-electron chi connectivity index (χ1n) is 8.04. The molecule has 5 rings (SSSR count). The topological polar surface area (TPSA) is 25.2 Å². The number of anilines is 2. The van der Waals surface area contributed by atoms with E-state index < -0.39 is 0 Å². The van der Waals surface area contributed by atoms with Crippen molar-refractivity contribution in [2.24, 2.45) is 0 Å². The summed E-state index contributed by atoms with van der Waals surface area (Å²) in [5.41, 5.74) is 4.05. The van der Waals surface area contributed by atoms with E-state index in [1.54, 1.807) is 0 Å². The van der Waals surface area contributed by atoms with Crippen molar-refractivity contribution in [2.75, 3.05) is 5.32 Å². The Balaban J connectivity index is 1.68. The maximum Gasteiger partial charge on any atom is 0.143 e. The Bertz CT molecular complexity index is 1170. The molecule has 0 aliphatic rings. The fourth-order valence-electron chi connectivity index (χ4n) is 3.28. The van der Waals surface area contributed by atoms with Crippen LogP contribution in [-0.4, -0.2) is 0 Å². The summed E-state index contributed by atoms with van der Waals surface area (Å²) in [6.07, 6.45) is 0. The van der Waals surface area contributed by atoms with Crippen molar-refractivity contribution in [3.05, 3.63) is 84.9 Å². The minimum Gasteiger partial charge on any atom is -0.455 e. The summed E-state index contributed by atoms with van der Waals surface area (Å²) in [5.74, 6) is 0. The van der Waals surface area contributed by atoms with Crippen molar-refractivity contribution in [3.63, 3.8) is 0 Å². The minimum atomic E-state index is 0.937. The molecule has 0 aliphatic heterocycles. The Labute approximate surface area is 139 Å². The van der Waals surface area contributed by atoms with Crippen LogP contribution < -0.4 is 5.32 Å². The third kappa shape index (κ3) is 2.04. The fraction of sp³-hybridized carbons (Fsp3) is 0.